The van der Waals surface area contributed by atoms with Crippen molar-refractivity contribution in [1.82, 2.24) is 9.47 Å². The van der Waals surface area contributed by atoms with E-state index in [1.165, 1.54) is 25.3 Å². The summed E-state index contributed by atoms with van der Waals surface area (Å²) < 4.78 is 15.7. The summed E-state index contributed by atoms with van der Waals surface area (Å²) in [7, 11) is 0. The van der Waals surface area contributed by atoms with E-state index in [0.29, 0.717) is 26.1 Å². The summed E-state index contributed by atoms with van der Waals surface area (Å²) in [5.41, 5.74) is 3.10. The molecule has 0 aliphatic heterocycles. The first-order valence-corrected chi connectivity index (χ1v) is 11.4. The lowest BCUT2D eigenvalue weighted by Gasteiger charge is -2.24. The topological polar surface area (TPSA) is 25.2 Å². The predicted octanol–water partition coefficient (Wildman–Crippen LogP) is 6.56. The zero-order valence-electron chi connectivity index (χ0n) is 18.5. The molecule has 4 heteroatoms. The van der Waals surface area contributed by atoms with Gasteiger partial charge in [-0.25, -0.2) is 4.39 Å². The second-order valence-electron chi connectivity index (χ2n) is 8.16. The number of rotatable bonds is 12. The first kappa shape index (κ1) is 22.8. The van der Waals surface area contributed by atoms with Gasteiger partial charge in [-0.2, -0.15) is 0 Å². The monoisotopic (exact) mass is 420 g/mol. The molecular weight excluding hydrogens is 387 g/mol. The maximum atomic E-state index is 13.6. The summed E-state index contributed by atoms with van der Waals surface area (Å²) >= 11 is 0. The van der Waals surface area contributed by atoms with Crippen LogP contribution in [0.15, 0.2) is 72.9 Å². The third-order valence-electron chi connectivity index (χ3n) is 5.58. The van der Waals surface area contributed by atoms with E-state index in [-0.39, 0.29) is 11.7 Å². The van der Waals surface area contributed by atoms with Crippen molar-refractivity contribution in [2.24, 2.45) is 0 Å². The Hall–Kier alpha value is -2.88. The summed E-state index contributed by atoms with van der Waals surface area (Å²) in [6, 6.07) is 20.9. The molecule has 164 valence electrons. The van der Waals surface area contributed by atoms with E-state index >= 15 is 0 Å². The Kier molecular flexibility index (Phi) is 8.89. The number of carbonyl (C=O) groups is 1. The highest BCUT2D eigenvalue weighted by Crippen LogP contribution is 2.16. The molecule has 0 N–H and O–H groups in total. The molecule has 1 aromatic heterocycles. The molecule has 2 aromatic carbocycles. The Bertz CT molecular complexity index is 935. The number of unbranched alkanes of at least 4 members (excludes halogenated alkanes) is 4. The second-order valence-corrected chi connectivity index (χ2v) is 8.16. The van der Waals surface area contributed by atoms with E-state index in [4.69, 9.17) is 0 Å². The van der Waals surface area contributed by atoms with Crippen LogP contribution in [0, 0.1) is 5.82 Å². The minimum absolute atomic E-state index is 0.193. The van der Waals surface area contributed by atoms with Crippen LogP contribution in [-0.2, 0) is 24.4 Å². The van der Waals surface area contributed by atoms with Gasteiger partial charge in [-0.05, 0) is 41.8 Å². The van der Waals surface area contributed by atoms with Crippen LogP contribution in [0.1, 0.15) is 62.3 Å². The number of carbonyl (C=O) groups excluding carboxylic acids is 1. The molecule has 3 rings (SSSR count). The van der Waals surface area contributed by atoms with E-state index in [2.05, 4.69) is 23.6 Å². The Balaban J connectivity index is 1.69. The van der Waals surface area contributed by atoms with Crippen molar-refractivity contribution in [3.05, 3.63) is 95.6 Å². The van der Waals surface area contributed by atoms with E-state index < -0.39 is 0 Å². The van der Waals surface area contributed by atoms with Crippen LogP contribution >= 0.6 is 0 Å². The molecule has 1 amide bonds. The number of aromatic nitrogens is 1. The maximum absolute atomic E-state index is 13.6. The smallest absolute Gasteiger partial charge is 0.223 e. The van der Waals surface area contributed by atoms with Gasteiger partial charge in [0.25, 0.3) is 0 Å². The highest BCUT2D eigenvalue weighted by atomic mass is 19.1. The van der Waals surface area contributed by atoms with Gasteiger partial charge in [-0.3, -0.25) is 4.79 Å². The van der Waals surface area contributed by atoms with Gasteiger partial charge in [0, 0.05) is 31.4 Å². The minimum atomic E-state index is -0.227. The van der Waals surface area contributed by atoms with Crippen molar-refractivity contribution >= 4 is 5.91 Å². The highest BCUT2D eigenvalue weighted by molar-refractivity contribution is 5.76. The van der Waals surface area contributed by atoms with Crippen LogP contribution in [0.5, 0.6) is 0 Å². The fraction of sp³-hybridized carbons (Fsp3) is 0.370. The van der Waals surface area contributed by atoms with Crippen molar-refractivity contribution in [3.8, 4) is 0 Å². The fourth-order valence-corrected chi connectivity index (χ4v) is 3.85. The summed E-state index contributed by atoms with van der Waals surface area (Å²) in [5.74, 6) is -0.0333. The molecule has 0 spiro atoms. The van der Waals surface area contributed by atoms with Crippen molar-refractivity contribution in [3.63, 3.8) is 0 Å². The predicted molar refractivity (Wildman–Crippen MR) is 124 cm³/mol. The normalized spacial score (nSPS) is 10.9. The molecule has 0 saturated heterocycles. The van der Waals surface area contributed by atoms with Gasteiger partial charge < -0.3 is 9.47 Å². The minimum Gasteiger partial charge on any atom is -0.345 e. The molecule has 0 radical (unpaired) electrons. The second kappa shape index (κ2) is 12.1. The molecule has 31 heavy (non-hydrogen) atoms. The molecule has 0 aliphatic rings. The van der Waals surface area contributed by atoms with E-state index in [9.17, 15) is 9.18 Å². The number of nitrogens with zero attached hydrogens (tertiary/aromatic N) is 2. The lowest BCUT2D eigenvalue weighted by atomic mass is 10.1. The molecule has 0 fully saturated rings. The molecule has 0 unspecified atom stereocenters. The molecule has 0 aliphatic carbocycles. The van der Waals surface area contributed by atoms with E-state index in [0.717, 1.165) is 29.7 Å². The standard InChI is InChI=1S/C27H33FN2O/c1-2-3-4-5-9-17-27(31)30(20-23-12-7-6-8-13-23)22-26-16-11-18-29(26)21-24-14-10-15-25(28)19-24/h6-8,10-16,18-19H,2-5,9,17,20-22H2,1H3. The number of halogens is 1. The summed E-state index contributed by atoms with van der Waals surface area (Å²) in [4.78, 5) is 15.0. The van der Waals surface area contributed by atoms with Crippen LogP contribution < -0.4 is 0 Å². The molecule has 0 bridgehead atoms. The van der Waals surface area contributed by atoms with Gasteiger partial charge in [0.05, 0.1) is 6.54 Å². The summed E-state index contributed by atoms with van der Waals surface area (Å²) in [6.45, 7) is 3.93. The van der Waals surface area contributed by atoms with Crippen LogP contribution in [0.4, 0.5) is 4.39 Å². The van der Waals surface area contributed by atoms with Gasteiger partial charge in [0.2, 0.25) is 5.91 Å². The quantitative estimate of drug-likeness (QED) is 0.304. The number of amides is 1. The lowest BCUT2D eigenvalue weighted by molar-refractivity contribution is -0.132. The highest BCUT2D eigenvalue weighted by Gasteiger charge is 2.16. The van der Waals surface area contributed by atoms with Gasteiger partial charge in [0.1, 0.15) is 5.82 Å². The van der Waals surface area contributed by atoms with Gasteiger partial charge in [-0.1, -0.05) is 75.1 Å². The molecule has 1 heterocycles. The van der Waals surface area contributed by atoms with Crippen LogP contribution in [0.25, 0.3) is 0 Å². The van der Waals surface area contributed by atoms with Crippen molar-refractivity contribution in [1.29, 1.82) is 0 Å². The maximum Gasteiger partial charge on any atom is 0.223 e. The Morgan fingerprint density at radius 1 is 0.871 bits per heavy atom. The molecule has 0 saturated carbocycles. The zero-order valence-corrected chi connectivity index (χ0v) is 18.5. The van der Waals surface area contributed by atoms with Gasteiger partial charge in [0.15, 0.2) is 0 Å². The first-order chi connectivity index (χ1) is 15.2. The zero-order chi connectivity index (χ0) is 21.9. The third-order valence-corrected chi connectivity index (χ3v) is 5.58. The number of benzene rings is 2. The SMILES string of the molecule is CCCCCCCC(=O)N(Cc1ccccc1)Cc1cccn1Cc1cccc(F)c1. The van der Waals surface area contributed by atoms with Gasteiger partial charge >= 0.3 is 0 Å². The van der Waals surface area contributed by atoms with E-state index in [1.807, 2.05) is 47.5 Å². The van der Waals surface area contributed by atoms with Crippen LogP contribution in [0.3, 0.4) is 0 Å². The largest absolute Gasteiger partial charge is 0.345 e. The third kappa shape index (κ3) is 7.39. The van der Waals surface area contributed by atoms with Crippen molar-refractivity contribution in [2.45, 2.75) is 65.1 Å². The van der Waals surface area contributed by atoms with Crippen molar-refractivity contribution < 1.29 is 9.18 Å². The summed E-state index contributed by atoms with van der Waals surface area (Å²) in [5, 5.41) is 0. The van der Waals surface area contributed by atoms with Crippen molar-refractivity contribution in [2.75, 3.05) is 0 Å². The summed E-state index contributed by atoms with van der Waals surface area (Å²) in [6.07, 6.45) is 8.26. The Labute approximate surface area is 185 Å². The first-order valence-electron chi connectivity index (χ1n) is 11.4. The number of hydrogen-bond donors (Lipinski definition) is 0. The average molecular weight is 421 g/mol. The molecule has 3 nitrogen and oxygen atoms in total. The molecule has 3 aromatic rings. The Morgan fingerprint density at radius 2 is 1.65 bits per heavy atom. The van der Waals surface area contributed by atoms with Gasteiger partial charge in [-0.15, -0.1) is 0 Å². The Morgan fingerprint density at radius 3 is 2.42 bits per heavy atom. The lowest BCUT2D eigenvalue weighted by Crippen LogP contribution is -2.30. The number of hydrogen-bond acceptors (Lipinski definition) is 1. The van der Waals surface area contributed by atoms with Crippen LogP contribution in [0.2, 0.25) is 0 Å². The molecular formula is C27H33FN2O. The average Bonchev–Trinajstić information content (AvgIpc) is 3.20. The van der Waals surface area contributed by atoms with Crippen LogP contribution in [-0.4, -0.2) is 15.4 Å². The fourth-order valence-electron chi connectivity index (χ4n) is 3.85. The van der Waals surface area contributed by atoms with E-state index in [1.54, 1.807) is 12.1 Å². The molecule has 0 atom stereocenters.